The molecule has 2 N–H and O–H groups in total. The second kappa shape index (κ2) is 3.17. The van der Waals surface area contributed by atoms with Crippen LogP contribution in [0.2, 0.25) is 0 Å². The van der Waals surface area contributed by atoms with Gasteiger partial charge in [-0.3, -0.25) is 4.98 Å². The van der Waals surface area contributed by atoms with Crippen molar-refractivity contribution >= 4 is 6.09 Å². The zero-order valence-electron chi connectivity index (χ0n) is 7.47. The molecular formula is C9H10N2O3. The molecule has 0 bridgehead atoms. The summed E-state index contributed by atoms with van der Waals surface area (Å²) in [6.45, 7) is 0.715. The fourth-order valence-corrected chi connectivity index (χ4v) is 1.60. The predicted molar refractivity (Wildman–Crippen MR) is 48.0 cm³/mol. The van der Waals surface area contributed by atoms with Crippen molar-refractivity contribution in [2.75, 3.05) is 6.54 Å². The van der Waals surface area contributed by atoms with Gasteiger partial charge in [0.25, 0.3) is 0 Å². The Labute approximate surface area is 80.6 Å². The van der Waals surface area contributed by atoms with E-state index in [9.17, 15) is 9.90 Å². The Morgan fingerprint density at radius 2 is 2.29 bits per heavy atom. The first-order valence-electron chi connectivity index (χ1n) is 4.31. The van der Waals surface area contributed by atoms with Gasteiger partial charge in [0.2, 0.25) is 0 Å². The van der Waals surface area contributed by atoms with Crippen molar-refractivity contribution in [2.45, 2.75) is 13.0 Å². The number of aromatic hydroxyl groups is 1. The van der Waals surface area contributed by atoms with Gasteiger partial charge in [0.05, 0.1) is 12.7 Å². The SMILES string of the molecule is O=C(O)N1CCc2cncc(O)c2C1. The Morgan fingerprint density at radius 3 is 3.00 bits per heavy atom. The van der Waals surface area contributed by atoms with Gasteiger partial charge in [0.1, 0.15) is 5.75 Å². The van der Waals surface area contributed by atoms with Gasteiger partial charge in [0.15, 0.2) is 0 Å². The van der Waals surface area contributed by atoms with E-state index in [0.717, 1.165) is 5.56 Å². The zero-order valence-corrected chi connectivity index (χ0v) is 7.47. The van der Waals surface area contributed by atoms with Crippen LogP contribution >= 0.6 is 0 Å². The Hall–Kier alpha value is -1.78. The van der Waals surface area contributed by atoms with Crippen LogP contribution in [0.1, 0.15) is 11.1 Å². The van der Waals surface area contributed by atoms with E-state index in [2.05, 4.69) is 4.98 Å². The van der Waals surface area contributed by atoms with Crippen LogP contribution in [-0.2, 0) is 13.0 Å². The van der Waals surface area contributed by atoms with E-state index in [0.29, 0.717) is 18.5 Å². The first-order chi connectivity index (χ1) is 6.68. The average molecular weight is 194 g/mol. The fraction of sp³-hybridized carbons (Fsp3) is 0.333. The normalized spacial score (nSPS) is 15.0. The lowest BCUT2D eigenvalue weighted by Gasteiger charge is -2.26. The largest absolute Gasteiger partial charge is 0.506 e. The summed E-state index contributed by atoms with van der Waals surface area (Å²) < 4.78 is 0. The molecule has 1 amide bonds. The molecule has 0 unspecified atom stereocenters. The quantitative estimate of drug-likeness (QED) is 0.641. The Kier molecular flexibility index (Phi) is 1.99. The van der Waals surface area contributed by atoms with Crippen LogP contribution < -0.4 is 0 Å². The number of nitrogens with zero attached hydrogens (tertiary/aromatic N) is 2. The van der Waals surface area contributed by atoms with Gasteiger partial charge in [-0.15, -0.1) is 0 Å². The maximum Gasteiger partial charge on any atom is 0.407 e. The standard InChI is InChI=1S/C9H10N2O3/c12-8-4-10-3-6-1-2-11(9(13)14)5-7(6)8/h3-4,12H,1-2,5H2,(H,13,14). The number of pyridine rings is 1. The third-order valence-corrected chi connectivity index (χ3v) is 2.39. The third kappa shape index (κ3) is 1.37. The van der Waals surface area contributed by atoms with Crippen molar-refractivity contribution < 1.29 is 15.0 Å². The minimum atomic E-state index is -0.952. The van der Waals surface area contributed by atoms with Gasteiger partial charge in [-0.05, 0) is 12.0 Å². The number of amides is 1. The van der Waals surface area contributed by atoms with Crippen LogP contribution in [0.3, 0.4) is 0 Å². The number of fused-ring (bicyclic) bond motifs is 1. The van der Waals surface area contributed by atoms with Crippen LogP contribution in [0.15, 0.2) is 12.4 Å². The van der Waals surface area contributed by atoms with Gasteiger partial charge in [-0.25, -0.2) is 4.79 Å². The van der Waals surface area contributed by atoms with E-state index in [4.69, 9.17) is 5.11 Å². The lowest BCUT2D eigenvalue weighted by atomic mass is 10.0. The van der Waals surface area contributed by atoms with Crippen molar-refractivity contribution in [3.63, 3.8) is 0 Å². The van der Waals surface area contributed by atoms with E-state index in [1.165, 1.54) is 11.1 Å². The van der Waals surface area contributed by atoms with Gasteiger partial charge in [-0.1, -0.05) is 0 Å². The molecule has 2 rings (SSSR count). The van der Waals surface area contributed by atoms with Gasteiger partial charge in [0, 0.05) is 18.3 Å². The van der Waals surface area contributed by atoms with Crippen LogP contribution in [0, 0.1) is 0 Å². The summed E-state index contributed by atoms with van der Waals surface area (Å²) >= 11 is 0. The van der Waals surface area contributed by atoms with Gasteiger partial charge >= 0.3 is 6.09 Å². The number of carbonyl (C=O) groups is 1. The molecule has 0 fully saturated rings. The lowest BCUT2D eigenvalue weighted by Crippen LogP contribution is -2.34. The number of carboxylic acid groups (broad SMARTS) is 1. The fourth-order valence-electron chi connectivity index (χ4n) is 1.60. The first kappa shape index (κ1) is 8.80. The van der Waals surface area contributed by atoms with E-state index in [1.54, 1.807) is 6.20 Å². The highest BCUT2D eigenvalue weighted by atomic mass is 16.4. The summed E-state index contributed by atoms with van der Waals surface area (Å²) in [7, 11) is 0. The molecule has 1 aliphatic rings. The highest BCUT2D eigenvalue weighted by molar-refractivity contribution is 5.65. The average Bonchev–Trinajstić information content (AvgIpc) is 2.18. The molecule has 0 radical (unpaired) electrons. The molecule has 0 saturated heterocycles. The molecule has 14 heavy (non-hydrogen) atoms. The smallest absolute Gasteiger partial charge is 0.407 e. The second-order valence-corrected chi connectivity index (χ2v) is 3.25. The Balaban J connectivity index is 2.33. The maximum atomic E-state index is 10.7. The van der Waals surface area contributed by atoms with E-state index >= 15 is 0 Å². The van der Waals surface area contributed by atoms with Gasteiger partial charge in [-0.2, -0.15) is 0 Å². The molecule has 0 saturated carbocycles. The predicted octanol–water partition coefficient (Wildman–Crippen LogP) is 0.823. The molecule has 0 spiro atoms. The van der Waals surface area contributed by atoms with E-state index < -0.39 is 6.09 Å². The zero-order chi connectivity index (χ0) is 10.1. The number of rotatable bonds is 0. The molecule has 2 heterocycles. The second-order valence-electron chi connectivity index (χ2n) is 3.25. The van der Waals surface area contributed by atoms with Crippen molar-refractivity contribution in [2.24, 2.45) is 0 Å². The molecule has 0 atom stereocenters. The van der Waals surface area contributed by atoms with Crippen LogP contribution in [0.25, 0.3) is 0 Å². The number of aromatic nitrogens is 1. The van der Waals surface area contributed by atoms with Crippen molar-refractivity contribution in [3.05, 3.63) is 23.5 Å². The molecule has 1 aromatic heterocycles. The minimum Gasteiger partial charge on any atom is -0.506 e. The van der Waals surface area contributed by atoms with E-state index in [1.807, 2.05) is 0 Å². The van der Waals surface area contributed by atoms with Gasteiger partial charge < -0.3 is 15.1 Å². The summed E-state index contributed by atoms with van der Waals surface area (Å²) in [5.74, 6) is 0.0773. The molecular weight excluding hydrogens is 184 g/mol. The summed E-state index contributed by atoms with van der Waals surface area (Å²) in [4.78, 5) is 15.8. The van der Waals surface area contributed by atoms with Crippen molar-refractivity contribution in [1.29, 1.82) is 0 Å². The van der Waals surface area contributed by atoms with Crippen molar-refractivity contribution in [1.82, 2.24) is 9.88 Å². The monoisotopic (exact) mass is 194 g/mol. The highest BCUT2D eigenvalue weighted by Crippen LogP contribution is 2.25. The van der Waals surface area contributed by atoms with Crippen LogP contribution in [0.5, 0.6) is 5.75 Å². The molecule has 0 aliphatic carbocycles. The summed E-state index contributed by atoms with van der Waals surface area (Å²) in [6, 6.07) is 0. The summed E-state index contributed by atoms with van der Waals surface area (Å²) in [6.07, 6.45) is 2.67. The number of hydrogen-bond acceptors (Lipinski definition) is 3. The third-order valence-electron chi connectivity index (χ3n) is 2.39. The topological polar surface area (TPSA) is 73.7 Å². The molecule has 1 aliphatic heterocycles. The lowest BCUT2D eigenvalue weighted by molar-refractivity contribution is 0.139. The molecule has 5 nitrogen and oxygen atoms in total. The molecule has 0 aromatic carbocycles. The highest BCUT2D eigenvalue weighted by Gasteiger charge is 2.22. The number of hydrogen-bond donors (Lipinski definition) is 2. The summed E-state index contributed by atoms with van der Waals surface area (Å²) in [5.41, 5.74) is 1.61. The van der Waals surface area contributed by atoms with Crippen molar-refractivity contribution in [3.8, 4) is 5.75 Å². The van der Waals surface area contributed by atoms with Crippen LogP contribution in [-0.4, -0.2) is 32.7 Å². The maximum absolute atomic E-state index is 10.7. The summed E-state index contributed by atoms with van der Waals surface area (Å²) in [5, 5.41) is 18.3. The molecule has 1 aromatic rings. The van der Waals surface area contributed by atoms with Crippen LogP contribution in [0.4, 0.5) is 4.79 Å². The minimum absolute atomic E-state index is 0.0773. The van der Waals surface area contributed by atoms with E-state index in [-0.39, 0.29) is 12.3 Å². The Morgan fingerprint density at radius 1 is 1.50 bits per heavy atom. The molecule has 5 heteroatoms. The Bertz CT molecular complexity index is 378. The first-order valence-corrected chi connectivity index (χ1v) is 4.31. The molecule has 74 valence electrons.